The van der Waals surface area contributed by atoms with Crippen LogP contribution in [0.15, 0.2) is 14.3 Å². The minimum Gasteiger partial charge on any atom is -0.383 e. The Bertz CT molecular complexity index is 376. The third-order valence-electron chi connectivity index (χ3n) is 3.19. The molecule has 2 rings (SSSR count). The molecule has 0 aliphatic heterocycles. The molecule has 1 fully saturated rings. The molecule has 0 radical (unpaired) electrons. The van der Waals surface area contributed by atoms with Gasteiger partial charge in [-0.3, -0.25) is 4.90 Å². The van der Waals surface area contributed by atoms with Gasteiger partial charge in [-0.25, -0.2) is 0 Å². The molecule has 6 heteroatoms. The Kier molecular flexibility index (Phi) is 5.65. The minimum atomic E-state index is 0.306. The van der Waals surface area contributed by atoms with E-state index in [0.717, 1.165) is 21.4 Å². The summed E-state index contributed by atoms with van der Waals surface area (Å²) in [5, 5.41) is 0. The zero-order valence-electron chi connectivity index (χ0n) is 10.4. The summed E-state index contributed by atoms with van der Waals surface area (Å²) in [6.07, 6.45) is 2.57. The molecular formula is C12H18Br2N2OS. The number of nitrogens with two attached hydrogens (primary N) is 1. The summed E-state index contributed by atoms with van der Waals surface area (Å²) in [6.45, 7) is 2.37. The van der Waals surface area contributed by atoms with Gasteiger partial charge < -0.3 is 10.5 Å². The van der Waals surface area contributed by atoms with Crippen LogP contribution in [-0.4, -0.2) is 37.7 Å². The highest BCUT2D eigenvalue weighted by atomic mass is 79.9. The molecule has 2 N–H and O–H groups in total. The average molecular weight is 398 g/mol. The maximum absolute atomic E-state index is 6.00. The topological polar surface area (TPSA) is 38.5 Å². The fraction of sp³-hybridized carbons (Fsp3) is 0.667. The molecule has 1 heterocycles. The summed E-state index contributed by atoms with van der Waals surface area (Å²) in [6, 6.07) is 3.17. The molecule has 0 amide bonds. The van der Waals surface area contributed by atoms with E-state index >= 15 is 0 Å². The van der Waals surface area contributed by atoms with Gasteiger partial charge in [0.15, 0.2) is 0 Å². The number of halogens is 2. The van der Waals surface area contributed by atoms with Gasteiger partial charge in [-0.2, -0.15) is 0 Å². The van der Waals surface area contributed by atoms with Crippen molar-refractivity contribution in [3.63, 3.8) is 0 Å². The number of methoxy groups -OCH3 is 1. The van der Waals surface area contributed by atoms with E-state index < -0.39 is 0 Å². The fourth-order valence-electron chi connectivity index (χ4n) is 2.14. The lowest BCUT2D eigenvalue weighted by atomic mass is 10.2. The summed E-state index contributed by atoms with van der Waals surface area (Å²) < 4.78 is 7.46. The van der Waals surface area contributed by atoms with E-state index in [4.69, 9.17) is 10.5 Å². The van der Waals surface area contributed by atoms with Crippen molar-refractivity contribution < 1.29 is 4.74 Å². The third-order valence-corrected chi connectivity index (χ3v) is 6.54. The molecule has 1 aromatic rings. The van der Waals surface area contributed by atoms with Crippen LogP contribution in [0.4, 0.5) is 0 Å². The van der Waals surface area contributed by atoms with Gasteiger partial charge in [-0.15, -0.1) is 11.3 Å². The lowest BCUT2D eigenvalue weighted by Gasteiger charge is -2.30. The van der Waals surface area contributed by atoms with Crippen molar-refractivity contribution in [2.45, 2.75) is 24.9 Å². The number of hydrogen-bond acceptors (Lipinski definition) is 4. The smallest absolute Gasteiger partial charge is 0.0843 e. The summed E-state index contributed by atoms with van der Waals surface area (Å²) >= 11 is 8.86. The molecular weight excluding hydrogens is 380 g/mol. The van der Waals surface area contributed by atoms with Crippen LogP contribution in [0.25, 0.3) is 0 Å². The Morgan fingerprint density at radius 3 is 2.72 bits per heavy atom. The SMILES string of the molecule is COCCN(C1CC1)C(CN)c1cc(Br)c(Br)s1. The first-order valence-electron chi connectivity index (χ1n) is 6.06. The van der Waals surface area contributed by atoms with Crippen LogP contribution in [-0.2, 0) is 4.74 Å². The molecule has 102 valence electrons. The highest BCUT2D eigenvalue weighted by molar-refractivity contribution is 9.13. The number of nitrogens with zero attached hydrogens (tertiary/aromatic N) is 1. The van der Waals surface area contributed by atoms with Crippen molar-refractivity contribution in [2.75, 3.05) is 26.8 Å². The van der Waals surface area contributed by atoms with Gasteiger partial charge in [0.1, 0.15) is 0 Å². The molecule has 1 unspecified atom stereocenters. The lowest BCUT2D eigenvalue weighted by molar-refractivity contribution is 0.117. The fourth-order valence-corrected chi connectivity index (χ4v) is 4.36. The Balaban J connectivity index is 2.13. The van der Waals surface area contributed by atoms with Crippen molar-refractivity contribution in [2.24, 2.45) is 5.73 Å². The Hall–Kier alpha value is 0.540. The normalized spacial score (nSPS) is 17.4. The number of ether oxygens (including phenoxy) is 1. The average Bonchev–Trinajstić information content (AvgIpc) is 3.13. The van der Waals surface area contributed by atoms with E-state index in [2.05, 4.69) is 42.8 Å². The van der Waals surface area contributed by atoms with Crippen molar-refractivity contribution in [1.29, 1.82) is 0 Å². The number of rotatable bonds is 7. The van der Waals surface area contributed by atoms with Gasteiger partial charge in [-0.1, -0.05) is 0 Å². The van der Waals surface area contributed by atoms with E-state index in [1.807, 2.05) is 0 Å². The first-order chi connectivity index (χ1) is 8.67. The molecule has 0 saturated heterocycles. The van der Waals surface area contributed by atoms with Crippen LogP contribution in [0.1, 0.15) is 23.8 Å². The summed E-state index contributed by atoms with van der Waals surface area (Å²) in [7, 11) is 1.75. The van der Waals surface area contributed by atoms with Crippen LogP contribution in [0.5, 0.6) is 0 Å². The summed E-state index contributed by atoms with van der Waals surface area (Å²) in [4.78, 5) is 3.81. The zero-order valence-corrected chi connectivity index (χ0v) is 14.4. The highest BCUT2D eigenvalue weighted by Crippen LogP contribution is 2.40. The Morgan fingerprint density at radius 1 is 1.56 bits per heavy atom. The van der Waals surface area contributed by atoms with Crippen LogP contribution < -0.4 is 5.73 Å². The van der Waals surface area contributed by atoms with Crippen LogP contribution in [0, 0.1) is 0 Å². The highest BCUT2D eigenvalue weighted by Gasteiger charge is 2.34. The van der Waals surface area contributed by atoms with Crippen LogP contribution >= 0.6 is 43.2 Å². The molecule has 1 aromatic heterocycles. The predicted octanol–water partition coefficient (Wildman–Crippen LogP) is 3.38. The molecule has 1 aliphatic rings. The molecule has 18 heavy (non-hydrogen) atoms. The van der Waals surface area contributed by atoms with Gasteiger partial charge in [0.05, 0.1) is 16.4 Å². The first-order valence-corrected chi connectivity index (χ1v) is 8.47. The summed E-state index contributed by atoms with van der Waals surface area (Å²) in [5.41, 5.74) is 6.00. The molecule has 0 aromatic carbocycles. The molecule has 1 saturated carbocycles. The van der Waals surface area contributed by atoms with Crippen molar-refractivity contribution in [3.05, 3.63) is 19.2 Å². The Morgan fingerprint density at radius 2 is 2.28 bits per heavy atom. The van der Waals surface area contributed by atoms with Crippen LogP contribution in [0.3, 0.4) is 0 Å². The second-order valence-corrected chi connectivity index (χ2v) is 7.74. The second-order valence-electron chi connectivity index (χ2n) is 4.48. The Labute approximate surface area is 129 Å². The maximum Gasteiger partial charge on any atom is 0.0843 e. The van der Waals surface area contributed by atoms with E-state index in [-0.39, 0.29) is 0 Å². The van der Waals surface area contributed by atoms with Crippen molar-refractivity contribution in [1.82, 2.24) is 4.90 Å². The largest absolute Gasteiger partial charge is 0.383 e. The number of hydrogen-bond donors (Lipinski definition) is 1. The van der Waals surface area contributed by atoms with Crippen molar-refractivity contribution >= 4 is 43.2 Å². The van der Waals surface area contributed by atoms with Crippen LogP contribution in [0.2, 0.25) is 0 Å². The van der Waals surface area contributed by atoms with Crippen molar-refractivity contribution in [3.8, 4) is 0 Å². The van der Waals surface area contributed by atoms with Gasteiger partial charge in [0.2, 0.25) is 0 Å². The molecule has 1 aliphatic carbocycles. The first kappa shape index (κ1) is 14.9. The van der Waals surface area contributed by atoms with Gasteiger partial charge in [0, 0.05) is 35.6 Å². The quantitative estimate of drug-likeness (QED) is 0.766. The van der Waals surface area contributed by atoms with E-state index in [9.17, 15) is 0 Å². The van der Waals surface area contributed by atoms with E-state index in [1.54, 1.807) is 18.4 Å². The van der Waals surface area contributed by atoms with E-state index in [1.165, 1.54) is 17.7 Å². The maximum atomic E-state index is 6.00. The molecule has 3 nitrogen and oxygen atoms in total. The molecule has 1 atom stereocenters. The zero-order chi connectivity index (χ0) is 13.1. The molecule has 0 bridgehead atoms. The van der Waals surface area contributed by atoms with Gasteiger partial charge in [-0.05, 0) is 50.8 Å². The van der Waals surface area contributed by atoms with Gasteiger partial charge >= 0.3 is 0 Å². The summed E-state index contributed by atoms with van der Waals surface area (Å²) in [5.74, 6) is 0. The number of thiophene rings is 1. The lowest BCUT2D eigenvalue weighted by Crippen LogP contribution is -2.37. The standard InChI is InChI=1S/C12H18Br2N2OS/c1-17-5-4-16(8-2-3-8)10(7-15)11-6-9(13)12(14)18-11/h6,8,10H,2-5,7,15H2,1H3. The van der Waals surface area contributed by atoms with Gasteiger partial charge in [0.25, 0.3) is 0 Å². The minimum absolute atomic E-state index is 0.306. The van der Waals surface area contributed by atoms with E-state index in [0.29, 0.717) is 18.6 Å². The second kappa shape index (κ2) is 6.81. The monoisotopic (exact) mass is 396 g/mol. The molecule has 0 spiro atoms. The predicted molar refractivity (Wildman–Crippen MR) is 83.1 cm³/mol. The third kappa shape index (κ3) is 3.55.